The van der Waals surface area contributed by atoms with Crippen molar-refractivity contribution in [2.45, 2.75) is 38.2 Å². The molecule has 0 aliphatic heterocycles. The molecule has 0 fully saturated rings. The van der Waals surface area contributed by atoms with Crippen LogP contribution in [0.1, 0.15) is 31.4 Å². The standard InChI is InChI=1S/C14H14F3NO2.C12H9F3N2.CH4/c1-2-20-9-8-13(19,14(15,16)17)12(10-18)11-6-4-3-5-7-11;13-12(14,15)9-6-7-17-11(16)10(9)8-4-2-1-3-5-8;/h3-9,12,19H,2H2,1H3;1-7H,(H2,16,17);1H4/b9-8+;;. The van der Waals surface area contributed by atoms with Gasteiger partial charge < -0.3 is 15.6 Å². The molecule has 1 heterocycles. The summed E-state index contributed by atoms with van der Waals surface area (Å²) in [6.45, 7) is 1.75. The van der Waals surface area contributed by atoms with E-state index in [0.29, 0.717) is 11.6 Å². The predicted octanol–water partition coefficient (Wildman–Crippen LogP) is 7.12. The number of benzene rings is 2. The highest BCUT2D eigenvalue weighted by molar-refractivity contribution is 5.77. The van der Waals surface area contributed by atoms with Crippen molar-refractivity contribution in [2.75, 3.05) is 12.3 Å². The average Bonchev–Trinajstić information content (AvgIpc) is 2.85. The van der Waals surface area contributed by atoms with Gasteiger partial charge in [-0.25, -0.2) is 4.98 Å². The second kappa shape index (κ2) is 13.5. The Kier molecular flexibility index (Phi) is 11.4. The molecule has 3 rings (SSSR count). The summed E-state index contributed by atoms with van der Waals surface area (Å²) >= 11 is 0. The van der Waals surface area contributed by atoms with E-state index in [9.17, 15) is 31.4 Å². The van der Waals surface area contributed by atoms with Crippen molar-refractivity contribution in [3.63, 3.8) is 0 Å². The molecule has 11 heteroatoms. The number of nitrogens with zero attached hydrogens (tertiary/aromatic N) is 2. The highest BCUT2D eigenvalue weighted by Gasteiger charge is 2.58. The SMILES string of the molecule is C.CCO/C=C/C(O)(C(C#N)c1ccccc1)C(F)(F)F.Nc1nccc(C(F)(F)F)c1-c1ccccc1. The van der Waals surface area contributed by atoms with Crippen molar-refractivity contribution >= 4 is 5.82 Å². The molecule has 0 saturated carbocycles. The van der Waals surface area contributed by atoms with Gasteiger partial charge in [-0.15, -0.1) is 0 Å². The summed E-state index contributed by atoms with van der Waals surface area (Å²) in [7, 11) is 0. The van der Waals surface area contributed by atoms with Crippen molar-refractivity contribution < 1.29 is 36.2 Å². The van der Waals surface area contributed by atoms with Crippen LogP contribution in [0, 0.1) is 11.3 Å². The van der Waals surface area contributed by atoms with Gasteiger partial charge in [0, 0.05) is 11.8 Å². The quantitative estimate of drug-likeness (QED) is 0.257. The van der Waals surface area contributed by atoms with Crippen LogP contribution in [-0.2, 0) is 10.9 Å². The Bertz CT molecular complexity index is 1210. The molecule has 0 saturated heterocycles. The molecule has 0 amide bonds. The van der Waals surface area contributed by atoms with Gasteiger partial charge >= 0.3 is 12.4 Å². The number of aromatic nitrogens is 1. The number of nitriles is 1. The number of ether oxygens (including phenoxy) is 1. The highest BCUT2D eigenvalue weighted by Crippen LogP contribution is 2.42. The lowest BCUT2D eigenvalue weighted by Gasteiger charge is -2.31. The van der Waals surface area contributed by atoms with E-state index >= 15 is 0 Å². The summed E-state index contributed by atoms with van der Waals surface area (Å²) in [6, 6.07) is 18.0. The number of hydrogen-bond acceptors (Lipinski definition) is 5. The van der Waals surface area contributed by atoms with Crippen molar-refractivity contribution in [1.29, 1.82) is 5.26 Å². The predicted molar refractivity (Wildman–Crippen MR) is 132 cm³/mol. The van der Waals surface area contributed by atoms with E-state index in [1.54, 1.807) is 43.3 Å². The fourth-order valence-corrected chi connectivity index (χ4v) is 3.30. The molecule has 2 unspecified atom stereocenters. The largest absolute Gasteiger partial charge is 0.502 e. The molecule has 204 valence electrons. The molecule has 3 N–H and O–H groups in total. The molecule has 0 spiro atoms. The number of alkyl halides is 6. The zero-order chi connectivity index (χ0) is 27.7. The Morgan fingerprint density at radius 2 is 1.55 bits per heavy atom. The second-order valence-corrected chi connectivity index (χ2v) is 7.54. The van der Waals surface area contributed by atoms with Crippen LogP contribution < -0.4 is 5.73 Å². The minimum absolute atomic E-state index is 0. The van der Waals surface area contributed by atoms with E-state index in [1.165, 1.54) is 30.3 Å². The van der Waals surface area contributed by atoms with Crippen LogP contribution in [-0.4, -0.2) is 28.5 Å². The van der Waals surface area contributed by atoms with Gasteiger partial charge in [0.1, 0.15) is 11.7 Å². The average molecular weight is 540 g/mol. The van der Waals surface area contributed by atoms with Crippen LogP contribution in [0.15, 0.2) is 85.3 Å². The van der Waals surface area contributed by atoms with E-state index in [1.807, 2.05) is 0 Å². The van der Waals surface area contributed by atoms with Gasteiger partial charge in [0.2, 0.25) is 5.60 Å². The van der Waals surface area contributed by atoms with Crippen molar-refractivity contribution in [1.82, 2.24) is 4.98 Å². The third kappa shape index (κ3) is 7.73. The molecule has 0 aliphatic carbocycles. The lowest BCUT2D eigenvalue weighted by Crippen LogP contribution is -2.48. The van der Waals surface area contributed by atoms with E-state index in [0.717, 1.165) is 18.5 Å². The third-order valence-electron chi connectivity index (χ3n) is 5.09. The van der Waals surface area contributed by atoms with Crippen LogP contribution in [0.5, 0.6) is 0 Å². The van der Waals surface area contributed by atoms with Crippen LogP contribution in [0.4, 0.5) is 32.2 Å². The van der Waals surface area contributed by atoms with Gasteiger partial charge in [0.05, 0.1) is 24.5 Å². The second-order valence-electron chi connectivity index (χ2n) is 7.54. The minimum Gasteiger partial charge on any atom is -0.502 e. The number of halogens is 6. The number of anilines is 1. The Labute approximate surface area is 216 Å². The van der Waals surface area contributed by atoms with Crippen LogP contribution >= 0.6 is 0 Å². The summed E-state index contributed by atoms with van der Waals surface area (Å²) < 4.78 is 82.6. The van der Waals surface area contributed by atoms with Crippen molar-refractivity contribution in [2.24, 2.45) is 0 Å². The molecular formula is C27H27F6N3O2. The molecule has 2 aromatic carbocycles. The maximum atomic E-state index is 13.1. The maximum absolute atomic E-state index is 13.1. The fraction of sp³-hybridized carbons (Fsp3) is 0.259. The maximum Gasteiger partial charge on any atom is 0.422 e. The van der Waals surface area contributed by atoms with E-state index in [4.69, 9.17) is 15.7 Å². The van der Waals surface area contributed by atoms with E-state index < -0.39 is 29.4 Å². The van der Waals surface area contributed by atoms with Crippen LogP contribution in [0.25, 0.3) is 11.1 Å². The van der Waals surface area contributed by atoms with Gasteiger partial charge in [0.25, 0.3) is 0 Å². The molecular weight excluding hydrogens is 512 g/mol. The zero-order valence-corrected chi connectivity index (χ0v) is 19.5. The molecule has 0 radical (unpaired) electrons. The van der Waals surface area contributed by atoms with Gasteiger partial charge in [-0.2, -0.15) is 31.6 Å². The van der Waals surface area contributed by atoms with E-state index in [2.05, 4.69) is 4.98 Å². The van der Waals surface area contributed by atoms with E-state index in [-0.39, 0.29) is 31.0 Å². The van der Waals surface area contributed by atoms with Gasteiger partial charge in [-0.1, -0.05) is 68.1 Å². The molecule has 2 atom stereocenters. The number of nitrogens with two attached hydrogens (primary N) is 1. The molecule has 5 nitrogen and oxygen atoms in total. The molecule has 1 aromatic heterocycles. The minimum atomic E-state index is -5.00. The Morgan fingerprint density at radius 1 is 1.00 bits per heavy atom. The summed E-state index contributed by atoms with van der Waals surface area (Å²) in [5.74, 6) is -1.90. The van der Waals surface area contributed by atoms with Gasteiger partial charge in [0.15, 0.2) is 0 Å². The summed E-state index contributed by atoms with van der Waals surface area (Å²) in [6.07, 6.45) is -7.15. The Balaban J connectivity index is 0.000000374. The highest BCUT2D eigenvalue weighted by atomic mass is 19.4. The summed E-state index contributed by atoms with van der Waals surface area (Å²) in [5.41, 5.74) is 1.88. The van der Waals surface area contributed by atoms with Crippen LogP contribution in [0.3, 0.4) is 0 Å². The Morgan fingerprint density at radius 3 is 2.03 bits per heavy atom. The first-order chi connectivity index (χ1) is 17.4. The molecule has 3 aromatic rings. The topological polar surface area (TPSA) is 92.2 Å². The molecule has 38 heavy (non-hydrogen) atoms. The number of nitrogen functional groups attached to an aromatic ring is 1. The number of pyridine rings is 1. The summed E-state index contributed by atoms with van der Waals surface area (Å²) in [4.78, 5) is 3.71. The fourth-order valence-electron chi connectivity index (χ4n) is 3.30. The number of rotatable bonds is 6. The lowest BCUT2D eigenvalue weighted by molar-refractivity contribution is -0.243. The lowest BCUT2D eigenvalue weighted by atomic mass is 9.82. The van der Waals surface area contributed by atoms with Crippen molar-refractivity contribution in [3.8, 4) is 17.2 Å². The zero-order valence-electron chi connectivity index (χ0n) is 19.5. The number of hydrogen-bond donors (Lipinski definition) is 2. The summed E-state index contributed by atoms with van der Waals surface area (Å²) in [5, 5.41) is 19.0. The number of aliphatic hydroxyl groups is 1. The van der Waals surface area contributed by atoms with Gasteiger partial charge in [-0.3, -0.25) is 0 Å². The first kappa shape index (κ1) is 32.0. The third-order valence-corrected chi connectivity index (χ3v) is 5.09. The monoisotopic (exact) mass is 539 g/mol. The van der Waals surface area contributed by atoms with Crippen LogP contribution in [0.2, 0.25) is 0 Å². The van der Waals surface area contributed by atoms with Crippen molar-refractivity contribution in [3.05, 3.63) is 96.4 Å². The Hall–Kier alpha value is -4.04. The first-order valence-corrected chi connectivity index (χ1v) is 10.8. The molecule has 0 bridgehead atoms. The molecule has 0 aliphatic rings. The first-order valence-electron chi connectivity index (χ1n) is 10.8. The van der Waals surface area contributed by atoms with Gasteiger partial charge in [-0.05, 0) is 30.2 Å². The smallest absolute Gasteiger partial charge is 0.422 e. The normalized spacial score (nSPS) is 13.8.